The van der Waals surface area contributed by atoms with Crippen LogP contribution in [0.1, 0.15) is 32.1 Å². The van der Waals surface area contributed by atoms with E-state index >= 15 is 0 Å². The summed E-state index contributed by atoms with van der Waals surface area (Å²) >= 11 is 0. The molecule has 1 fully saturated rings. The van der Waals surface area contributed by atoms with Gasteiger partial charge in [-0.1, -0.05) is 135 Å². The van der Waals surface area contributed by atoms with Gasteiger partial charge in [-0.2, -0.15) is 0 Å². The molecular formula is C28H39P2RuSi+. The van der Waals surface area contributed by atoms with Crippen molar-refractivity contribution in [2.24, 2.45) is 0 Å². The first-order chi connectivity index (χ1) is 15.0. The molecule has 0 bridgehead atoms. The van der Waals surface area contributed by atoms with Crippen molar-refractivity contribution in [3.8, 4) is 0 Å². The first-order valence-electron chi connectivity index (χ1n) is 11.4. The largest absolute Gasteiger partial charge is 1.00 e. The zero-order chi connectivity index (χ0) is 22.5. The molecule has 0 N–H and O–H groups in total. The monoisotopic (exact) mass is 567 g/mol. The molecule has 1 aliphatic carbocycles. The third-order valence-corrected chi connectivity index (χ3v) is 9.19. The predicted octanol–water partition coefficient (Wildman–Crippen LogP) is 6.71. The Labute approximate surface area is 214 Å². The van der Waals surface area contributed by atoms with Crippen LogP contribution in [-0.4, -0.2) is 28.8 Å². The van der Waals surface area contributed by atoms with Gasteiger partial charge in [-0.15, -0.1) is 7.92 Å². The number of rotatable bonds is 4. The maximum atomic E-state index is 2.38. The molecule has 172 valence electrons. The van der Waals surface area contributed by atoms with E-state index in [2.05, 4.69) is 118 Å². The quantitative estimate of drug-likeness (QED) is 0.243. The van der Waals surface area contributed by atoms with E-state index in [1.165, 1.54) is 48.0 Å². The van der Waals surface area contributed by atoms with E-state index in [1.54, 1.807) is 5.19 Å². The topological polar surface area (TPSA) is 0 Å². The molecule has 0 unspecified atom stereocenters. The Bertz CT molecular complexity index is 800. The van der Waals surface area contributed by atoms with Crippen LogP contribution in [0.3, 0.4) is 0 Å². The Hall–Kier alpha value is -0.640. The molecule has 3 aromatic carbocycles. The van der Waals surface area contributed by atoms with Gasteiger partial charge in [0.1, 0.15) is 0 Å². The van der Waals surface area contributed by atoms with Crippen molar-refractivity contribution in [2.75, 3.05) is 20.0 Å². The minimum absolute atomic E-state index is 0. The van der Waals surface area contributed by atoms with Crippen molar-refractivity contribution in [1.29, 1.82) is 0 Å². The van der Waals surface area contributed by atoms with Crippen molar-refractivity contribution >= 4 is 45.7 Å². The van der Waals surface area contributed by atoms with E-state index in [0.29, 0.717) is 7.92 Å². The summed E-state index contributed by atoms with van der Waals surface area (Å²) in [6.07, 6.45) is 7.50. The van der Waals surface area contributed by atoms with Crippen LogP contribution in [0, 0.1) is 0 Å². The molecular weight excluding hydrogens is 527 g/mol. The fraction of sp³-hybridized carbons (Fsp3) is 0.357. The molecule has 3 aromatic rings. The third kappa shape index (κ3) is 10.5. The van der Waals surface area contributed by atoms with Gasteiger partial charge in [-0.3, -0.25) is 0 Å². The van der Waals surface area contributed by atoms with Gasteiger partial charge < -0.3 is 0 Å². The maximum absolute atomic E-state index is 2.38. The fourth-order valence-electron chi connectivity index (χ4n) is 3.56. The Morgan fingerprint density at radius 3 is 1.28 bits per heavy atom. The average Bonchev–Trinajstić information content (AvgIpc) is 3.36. The Balaban J connectivity index is 0.000000431. The summed E-state index contributed by atoms with van der Waals surface area (Å²) in [5.74, 6) is 0. The average molecular weight is 567 g/mol. The van der Waals surface area contributed by atoms with Gasteiger partial charge >= 0.3 is 19.5 Å². The molecule has 0 atom stereocenters. The smallest absolute Gasteiger partial charge is 0.116 e. The summed E-state index contributed by atoms with van der Waals surface area (Å²) in [7, 11) is -0.578. The third-order valence-electron chi connectivity index (χ3n) is 4.96. The fourth-order valence-corrected chi connectivity index (χ4v) is 7.93. The van der Waals surface area contributed by atoms with Crippen molar-refractivity contribution in [3.05, 3.63) is 84.9 Å². The molecule has 0 nitrogen and oxygen atoms in total. The first-order valence-corrected chi connectivity index (χ1v) is 17.9. The van der Waals surface area contributed by atoms with Crippen molar-refractivity contribution in [3.63, 3.8) is 0 Å². The predicted molar refractivity (Wildman–Crippen MR) is 150 cm³/mol. The molecule has 0 heterocycles. The summed E-state index contributed by atoms with van der Waals surface area (Å²) in [5.41, 5.74) is 0. The van der Waals surface area contributed by atoms with Crippen LogP contribution in [0.4, 0.5) is 0 Å². The second kappa shape index (κ2) is 16.9. The van der Waals surface area contributed by atoms with E-state index < -0.39 is 16.7 Å². The Morgan fingerprint density at radius 2 is 0.906 bits per heavy atom. The Kier molecular flexibility index (Phi) is 15.5. The zero-order valence-electron chi connectivity index (χ0n) is 20.4. The summed E-state index contributed by atoms with van der Waals surface area (Å²) in [6, 6.07) is 30.9. The molecule has 1 aliphatic rings. The van der Waals surface area contributed by atoms with Gasteiger partial charge in [0, 0.05) is 0 Å². The molecule has 0 aliphatic heterocycles. The molecule has 4 rings (SSSR count). The van der Waals surface area contributed by atoms with E-state index in [-0.39, 0.29) is 19.5 Å². The molecule has 2 radical (unpaired) electrons. The van der Waals surface area contributed by atoms with Crippen LogP contribution in [0.5, 0.6) is 0 Å². The first kappa shape index (κ1) is 29.4. The van der Waals surface area contributed by atoms with Crippen molar-refractivity contribution < 1.29 is 19.5 Å². The van der Waals surface area contributed by atoms with Gasteiger partial charge in [0.25, 0.3) is 0 Å². The van der Waals surface area contributed by atoms with Gasteiger partial charge in [0.2, 0.25) is 0 Å². The SMILES string of the molecule is C1CCCC1.CP(C)C.C[Si](C)c1ccccc1P(c1ccccc1)c1ccccc1.[Ru+]. The van der Waals surface area contributed by atoms with Gasteiger partial charge in [0.05, 0.1) is 8.80 Å². The second-order valence-corrected chi connectivity index (χ2v) is 16.0. The van der Waals surface area contributed by atoms with Crippen LogP contribution >= 0.6 is 15.8 Å². The van der Waals surface area contributed by atoms with Gasteiger partial charge in [-0.25, -0.2) is 0 Å². The molecule has 0 aromatic heterocycles. The molecule has 4 heteroatoms. The van der Waals surface area contributed by atoms with Crippen LogP contribution in [0.25, 0.3) is 0 Å². The van der Waals surface area contributed by atoms with Crippen molar-refractivity contribution in [2.45, 2.75) is 45.2 Å². The second-order valence-electron chi connectivity index (χ2n) is 8.63. The summed E-state index contributed by atoms with van der Waals surface area (Å²) in [4.78, 5) is 0. The Morgan fingerprint density at radius 1 is 0.562 bits per heavy atom. The summed E-state index contributed by atoms with van der Waals surface area (Å²) < 4.78 is 0. The number of hydrogen-bond donors (Lipinski definition) is 0. The van der Waals surface area contributed by atoms with Crippen molar-refractivity contribution in [1.82, 2.24) is 0 Å². The minimum atomic E-state index is -0.484. The van der Waals surface area contributed by atoms with E-state index in [9.17, 15) is 0 Å². The zero-order valence-corrected chi connectivity index (χ0v) is 24.9. The van der Waals surface area contributed by atoms with E-state index in [0.717, 1.165) is 0 Å². The summed E-state index contributed by atoms with van der Waals surface area (Å²) in [5, 5.41) is 5.94. The summed E-state index contributed by atoms with van der Waals surface area (Å²) in [6.45, 7) is 11.5. The molecule has 0 spiro atoms. The maximum Gasteiger partial charge on any atom is 1.00 e. The number of benzene rings is 3. The molecule has 0 saturated heterocycles. The standard InChI is InChI=1S/C20H20PSi.C5H10.C3H9P.Ru/c1-22(2)20-16-10-9-15-19(20)21(17-11-5-3-6-12-17)18-13-7-4-8-14-18;1-2-4-5-3-1;1-4(2)3;/h3-16H,1-2H3;1-5H2;1-3H3;/q;;;+1. The van der Waals surface area contributed by atoms with E-state index in [1.807, 2.05) is 0 Å². The minimum Gasteiger partial charge on any atom is -0.116 e. The van der Waals surface area contributed by atoms with Crippen LogP contribution in [0.2, 0.25) is 13.1 Å². The van der Waals surface area contributed by atoms with Gasteiger partial charge in [-0.05, 0) is 43.8 Å². The molecule has 32 heavy (non-hydrogen) atoms. The normalized spacial score (nSPS) is 12.5. The van der Waals surface area contributed by atoms with E-state index in [4.69, 9.17) is 0 Å². The van der Waals surface area contributed by atoms with Crippen LogP contribution < -0.4 is 21.1 Å². The van der Waals surface area contributed by atoms with Gasteiger partial charge in [0.15, 0.2) is 0 Å². The van der Waals surface area contributed by atoms with Crippen LogP contribution in [0.15, 0.2) is 84.9 Å². The number of hydrogen-bond acceptors (Lipinski definition) is 0. The molecule has 1 saturated carbocycles. The van der Waals surface area contributed by atoms with Crippen LogP contribution in [-0.2, 0) is 19.5 Å². The molecule has 0 amide bonds.